The van der Waals surface area contributed by atoms with Crippen LogP contribution in [-0.2, 0) is 6.42 Å². The first-order valence-electron chi connectivity index (χ1n) is 13.7. The molecule has 34 heavy (non-hydrogen) atoms. The zero-order chi connectivity index (χ0) is 26.7. The highest BCUT2D eigenvalue weighted by atomic mass is 15.3. The Bertz CT molecular complexity index is 1200. The number of pyridine rings is 1. The van der Waals surface area contributed by atoms with Crippen LogP contribution in [0.3, 0.4) is 0 Å². The second-order valence-electron chi connectivity index (χ2n) is 9.64. The third kappa shape index (κ3) is 5.58. The van der Waals surface area contributed by atoms with Crippen LogP contribution in [-0.4, -0.2) is 69.2 Å². The summed E-state index contributed by atoms with van der Waals surface area (Å²) in [4.78, 5) is 18.1. The highest BCUT2D eigenvalue weighted by Gasteiger charge is 2.22. The van der Waals surface area contributed by atoms with E-state index in [0.717, 1.165) is 54.6 Å². The summed E-state index contributed by atoms with van der Waals surface area (Å²) < 4.78 is 25.1. The summed E-state index contributed by atoms with van der Waals surface area (Å²) in [6.07, 6.45) is 7.77. The van der Waals surface area contributed by atoms with Crippen molar-refractivity contribution in [2.24, 2.45) is 5.92 Å². The van der Waals surface area contributed by atoms with Crippen molar-refractivity contribution in [3.8, 4) is 0 Å². The quantitative estimate of drug-likeness (QED) is 0.493. The van der Waals surface area contributed by atoms with E-state index in [-0.39, 0.29) is 11.8 Å². The number of hydrogen-bond acceptors (Lipinski definition) is 8. The molecule has 3 aromatic rings. The monoisotopic (exact) mass is 468 g/mol. The first kappa shape index (κ1) is 20.4. The molecule has 0 aliphatic carbocycles. The first-order chi connectivity index (χ1) is 17.5. The molecule has 184 valence electrons. The number of aryl methyl sites for hydroxylation is 1. The molecule has 1 aliphatic rings. The molecular weight excluding hydrogens is 426 g/mol. The molecule has 0 aromatic carbocycles. The van der Waals surface area contributed by atoms with E-state index in [1.807, 2.05) is 13.1 Å². The molecule has 4 heterocycles. The molecule has 1 atom stereocenters. The maximum absolute atomic E-state index is 7.82. The lowest BCUT2D eigenvalue weighted by molar-refractivity contribution is 0.284. The number of piperidine rings is 1. The minimum atomic E-state index is -2.17. The van der Waals surface area contributed by atoms with Crippen LogP contribution < -0.4 is 16.0 Å². The van der Waals surface area contributed by atoms with Crippen LogP contribution in [0.5, 0.6) is 0 Å². The summed E-state index contributed by atoms with van der Waals surface area (Å²) in [6, 6.07) is 1.41. The molecule has 1 fully saturated rings. The van der Waals surface area contributed by atoms with Gasteiger partial charge in [0.15, 0.2) is 11.5 Å². The van der Waals surface area contributed by atoms with Crippen LogP contribution >= 0.6 is 0 Å². The third-order valence-electron chi connectivity index (χ3n) is 6.37. The van der Waals surface area contributed by atoms with Gasteiger partial charge in [0, 0.05) is 42.4 Å². The number of rotatable bonds is 9. The first-order valence-corrected chi connectivity index (χ1v) is 12.2. The van der Waals surface area contributed by atoms with Crippen LogP contribution in [0.15, 0.2) is 18.5 Å². The molecule has 1 saturated heterocycles. The highest BCUT2D eigenvalue weighted by Crippen LogP contribution is 2.26. The van der Waals surface area contributed by atoms with Crippen molar-refractivity contribution in [2.75, 3.05) is 49.7 Å². The maximum atomic E-state index is 7.82. The fourth-order valence-corrected chi connectivity index (χ4v) is 4.75. The molecule has 0 amide bonds. The smallest absolute Gasteiger partial charge is 0.243 e. The summed E-state index contributed by atoms with van der Waals surface area (Å²) in [5, 5.41) is 7.50. The van der Waals surface area contributed by atoms with E-state index < -0.39 is 12.9 Å². The number of nitrogen functional groups attached to an aromatic ring is 1. The highest BCUT2D eigenvalue weighted by molar-refractivity contribution is 5.61. The van der Waals surface area contributed by atoms with Crippen LogP contribution in [0, 0.1) is 12.8 Å². The second kappa shape index (κ2) is 10.5. The van der Waals surface area contributed by atoms with Gasteiger partial charge >= 0.3 is 0 Å². The lowest BCUT2D eigenvalue weighted by atomic mass is 9.96. The number of nitrogens with one attached hydrogen (secondary N) is 1. The van der Waals surface area contributed by atoms with E-state index in [1.165, 1.54) is 12.8 Å². The van der Waals surface area contributed by atoms with Gasteiger partial charge in [-0.25, -0.2) is 14.5 Å². The minimum Gasteiger partial charge on any atom is -0.380 e. The van der Waals surface area contributed by atoms with Gasteiger partial charge in [-0.1, -0.05) is 19.4 Å². The average Bonchev–Trinajstić information content (AvgIpc) is 3.22. The number of imidazole rings is 1. The Labute approximate surface area is 207 Å². The van der Waals surface area contributed by atoms with Crippen molar-refractivity contribution in [1.82, 2.24) is 29.5 Å². The van der Waals surface area contributed by atoms with Crippen LogP contribution in [0.4, 0.5) is 17.6 Å². The SMILES string of the molecule is [2H]C([2H])([2H])C(CCC)Nc1nc(N)c2ncc(Cc3cnc(N4CCC(CN(C)C)CC4)c(C)c3)n2n1. The van der Waals surface area contributed by atoms with Crippen LogP contribution in [0.1, 0.15) is 60.4 Å². The Hall–Kier alpha value is -2.94. The van der Waals surface area contributed by atoms with Crippen molar-refractivity contribution in [1.29, 1.82) is 0 Å². The predicted octanol–water partition coefficient (Wildman–Crippen LogP) is 3.38. The van der Waals surface area contributed by atoms with E-state index in [4.69, 9.17) is 14.8 Å². The summed E-state index contributed by atoms with van der Waals surface area (Å²) >= 11 is 0. The Morgan fingerprint density at radius 2 is 2.06 bits per heavy atom. The van der Waals surface area contributed by atoms with E-state index in [0.29, 0.717) is 18.5 Å². The largest absolute Gasteiger partial charge is 0.380 e. The molecule has 3 aromatic heterocycles. The normalized spacial score (nSPS) is 17.6. The lowest BCUT2D eigenvalue weighted by Crippen LogP contribution is -2.37. The Morgan fingerprint density at radius 1 is 1.26 bits per heavy atom. The van der Waals surface area contributed by atoms with Gasteiger partial charge in [0.25, 0.3) is 0 Å². The van der Waals surface area contributed by atoms with E-state index in [2.05, 4.69) is 57.3 Å². The molecule has 4 rings (SSSR count). The molecule has 0 bridgehead atoms. The van der Waals surface area contributed by atoms with Gasteiger partial charge in [0.05, 0.1) is 11.9 Å². The van der Waals surface area contributed by atoms with Gasteiger partial charge in [0.2, 0.25) is 5.95 Å². The second-order valence-corrected chi connectivity index (χ2v) is 9.64. The molecule has 0 saturated carbocycles. The number of aromatic nitrogens is 5. The zero-order valence-electron chi connectivity index (χ0n) is 23.8. The maximum Gasteiger partial charge on any atom is 0.243 e. The summed E-state index contributed by atoms with van der Waals surface area (Å²) in [6.45, 7) is 5.07. The minimum absolute atomic E-state index is 0.182. The Balaban J connectivity index is 1.51. The number of nitrogens with zero attached hydrogens (tertiary/aromatic N) is 7. The Morgan fingerprint density at radius 3 is 2.74 bits per heavy atom. The molecule has 9 heteroatoms. The molecule has 0 radical (unpaired) electrons. The van der Waals surface area contributed by atoms with E-state index in [9.17, 15) is 0 Å². The summed E-state index contributed by atoms with van der Waals surface area (Å²) in [5.74, 6) is 2.18. The molecule has 0 spiro atoms. The van der Waals surface area contributed by atoms with E-state index >= 15 is 0 Å². The van der Waals surface area contributed by atoms with Crippen molar-refractivity contribution >= 4 is 23.2 Å². The zero-order valence-corrected chi connectivity index (χ0v) is 20.8. The van der Waals surface area contributed by atoms with Gasteiger partial charge in [-0.2, -0.15) is 4.98 Å². The van der Waals surface area contributed by atoms with Gasteiger partial charge in [-0.15, -0.1) is 5.10 Å². The standard InChI is InChI=1S/C25H39N9/c1-6-7-18(3)29-25-30-22(26)24-28-15-21(34(24)31-25)13-20-12-17(2)23(27-14-20)33-10-8-19(9-11-33)16-32(4)5/h12,14-15,18-19H,6-11,13,16H2,1-5H3,(H3,26,29,30,31)/i3D3. The van der Waals surface area contributed by atoms with Crippen LogP contribution in [0.2, 0.25) is 0 Å². The molecule has 1 unspecified atom stereocenters. The van der Waals surface area contributed by atoms with Gasteiger partial charge in [0.1, 0.15) is 5.82 Å². The number of nitrogens with two attached hydrogens (primary N) is 1. The molecule has 3 N–H and O–H groups in total. The summed E-state index contributed by atoms with van der Waals surface area (Å²) in [5.41, 5.74) is 9.61. The predicted molar refractivity (Wildman–Crippen MR) is 138 cm³/mol. The van der Waals surface area contributed by atoms with Crippen molar-refractivity contribution in [3.05, 3.63) is 35.3 Å². The molecule has 1 aliphatic heterocycles. The Kier molecular flexibility index (Phi) is 6.34. The van der Waals surface area contributed by atoms with Gasteiger partial charge in [-0.3, -0.25) is 0 Å². The van der Waals surface area contributed by atoms with Crippen molar-refractivity contribution in [3.63, 3.8) is 0 Å². The van der Waals surface area contributed by atoms with Crippen molar-refractivity contribution < 1.29 is 4.11 Å². The molecule has 9 nitrogen and oxygen atoms in total. The number of anilines is 3. The third-order valence-corrected chi connectivity index (χ3v) is 6.37. The van der Waals surface area contributed by atoms with E-state index in [1.54, 1.807) is 10.7 Å². The number of hydrogen-bond donors (Lipinski definition) is 2. The molecular formula is C25H39N9. The van der Waals surface area contributed by atoms with Crippen molar-refractivity contribution in [2.45, 2.75) is 58.8 Å². The van der Waals surface area contributed by atoms with Gasteiger partial charge < -0.3 is 20.9 Å². The van der Waals surface area contributed by atoms with Gasteiger partial charge in [-0.05, 0) is 64.2 Å². The topological polar surface area (TPSA) is 100 Å². The lowest BCUT2D eigenvalue weighted by Gasteiger charge is -2.34. The fraction of sp³-hybridized carbons (Fsp3) is 0.600. The van der Waals surface area contributed by atoms with Crippen LogP contribution in [0.25, 0.3) is 5.65 Å². The average molecular weight is 469 g/mol. The summed E-state index contributed by atoms with van der Waals surface area (Å²) in [7, 11) is 4.28. The number of fused-ring (bicyclic) bond motifs is 1. The fourth-order valence-electron chi connectivity index (χ4n) is 4.75.